The fourth-order valence-electron chi connectivity index (χ4n) is 2.09. The largest absolute Gasteiger partial charge is 0.314 e. The van der Waals surface area contributed by atoms with Crippen LogP contribution in [0.3, 0.4) is 0 Å². The molecule has 1 fully saturated rings. The van der Waals surface area contributed by atoms with Crippen LogP contribution in [-0.2, 0) is 0 Å². The Hall–Kier alpha value is -0.0800. The maximum atomic E-state index is 3.54. The molecule has 1 aliphatic rings. The molecule has 14 heavy (non-hydrogen) atoms. The van der Waals surface area contributed by atoms with Gasteiger partial charge < -0.3 is 10.2 Å². The summed E-state index contributed by atoms with van der Waals surface area (Å²) in [7, 11) is 0. The predicted octanol–water partition coefficient (Wildman–Crippen LogP) is 2.11. The van der Waals surface area contributed by atoms with Gasteiger partial charge >= 0.3 is 0 Å². The van der Waals surface area contributed by atoms with Crippen molar-refractivity contribution < 1.29 is 0 Å². The first kappa shape index (κ1) is 12.0. The van der Waals surface area contributed by atoms with Gasteiger partial charge in [-0.15, -0.1) is 0 Å². The van der Waals surface area contributed by atoms with Gasteiger partial charge in [-0.05, 0) is 51.4 Å². The number of piperidine rings is 1. The average molecular weight is 198 g/mol. The molecule has 1 heterocycles. The predicted molar refractivity (Wildman–Crippen MR) is 62.6 cm³/mol. The molecule has 0 bridgehead atoms. The minimum Gasteiger partial charge on any atom is -0.314 e. The molecule has 1 saturated heterocycles. The fraction of sp³-hybridized carbons (Fsp3) is 1.00. The van der Waals surface area contributed by atoms with E-state index in [1.807, 2.05) is 0 Å². The quantitative estimate of drug-likeness (QED) is 0.728. The lowest BCUT2D eigenvalue weighted by molar-refractivity contribution is 0.190. The van der Waals surface area contributed by atoms with E-state index in [4.69, 9.17) is 0 Å². The Morgan fingerprint density at radius 2 is 1.93 bits per heavy atom. The Bertz CT molecular complexity index is 137. The maximum Gasteiger partial charge on any atom is 0.00912 e. The van der Waals surface area contributed by atoms with Crippen molar-refractivity contribution in [3.8, 4) is 0 Å². The van der Waals surface area contributed by atoms with Gasteiger partial charge in [-0.2, -0.15) is 0 Å². The van der Waals surface area contributed by atoms with E-state index >= 15 is 0 Å². The number of likely N-dealkylation sites (tertiary alicyclic amines) is 1. The lowest BCUT2D eigenvalue weighted by Gasteiger charge is -2.32. The number of hydrogen-bond donors (Lipinski definition) is 1. The standard InChI is InChI=1S/C12H26N2/c1-4-13-12-6-9-14(10-7-12)8-5-11(2)3/h11-13H,4-10H2,1-3H3. The van der Waals surface area contributed by atoms with Crippen molar-refractivity contribution in [3.05, 3.63) is 0 Å². The smallest absolute Gasteiger partial charge is 0.00912 e. The molecule has 0 unspecified atom stereocenters. The van der Waals surface area contributed by atoms with Crippen LogP contribution in [0.5, 0.6) is 0 Å². The van der Waals surface area contributed by atoms with Crippen molar-refractivity contribution >= 4 is 0 Å². The van der Waals surface area contributed by atoms with Gasteiger partial charge in [0.25, 0.3) is 0 Å². The first-order chi connectivity index (χ1) is 6.72. The highest BCUT2D eigenvalue weighted by Crippen LogP contribution is 2.11. The molecule has 0 aromatic heterocycles. The van der Waals surface area contributed by atoms with Crippen molar-refractivity contribution in [1.29, 1.82) is 0 Å². The summed E-state index contributed by atoms with van der Waals surface area (Å²) in [5.41, 5.74) is 0. The van der Waals surface area contributed by atoms with Crippen LogP contribution in [0.2, 0.25) is 0 Å². The van der Waals surface area contributed by atoms with E-state index in [9.17, 15) is 0 Å². The summed E-state index contributed by atoms with van der Waals surface area (Å²) in [6.07, 6.45) is 4.03. The molecule has 1 N–H and O–H groups in total. The van der Waals surface area contributed by atoms with Gasteiger partial charge in [-0.1, -0.05) is 20.8 Å². The third-order valence-corrected chi connectivity index (χ3v) is 3.10. The van der Waals surface area contributed by atoms with E-state index in [0.29, 0.717) is 0 Å². The Morgan fingerprint density at radius 3 is 2.43 bits per heavy atom. The molecule has 0 aromatic carbocycles. The molecule has 1 aliphatic heterocycles. The molecule has 1 rings (SSSR count). The fourth-order valence-corrected chi connectivity index (χ4v) is 2.09. The summed E-state index contributed by atoms with van der Waals surface area (Å²) in [5.74, 6) is 0.849. The van der Waals surface area contributed by atoms with E-state index in [1.165, 1.54) is 38.9 Å². The van der Waals surface area contributed by atoms with Crippen LogP contribution in [-0.4, -0.2) is 37.1 Å². The van der Waals surface area contributed by atoms with Crippen molar-refractivity contribution in [2.24, 2.45) is 5.92 Å². The lowest BCUT2D eigenvalue weighted by Crippen LogP contribution is -2.42. The molecule has 2 heteroatoms. The molecule has 0 aromatic rings. The van der Waals surface area contributed by atoms with E-state index < -0.39 is 0 Å². The van der Waals surface area contributed by atoms with Crippen molar-refractivity contribution in [2.45, 2.75) is 46.1 Å². The first-order valence-corrected chi connectivity index (χ1v) is 6.18. The van der Waals surface area contributed by atoms with Crippen LogP contribution in [0.1, 0.15) is 40.0 Å². The molecule has 0 atom stereocenters. The van der Waals surface area contributed by atoms with Crippen molar-refractivity contribution in [3.63, 3.8) is 0 Å². The highest BCUT2D eigenvalue weighted by atomic mass is 15.1. The van der Waals surface area contributed by atoms with Gasteiger partial charge in [-0.25, -0.2) is 0 Å². The minimum absolute atomic E-state index is 0.787. The lowest BCUT2D eigenvalue weighted by atomic mass is 10.0. The third kappa shape index (κ3) is 4.43. The van der Waals surface area contributed by atoms with Gasteiger partial charge in [0.05, 0.1) is 0 Å². The van der Waals surface area contributed by atoms with Gasteiger partial charge in [0, 0.05) is 6.04 Å². The molecule has 84 valence electrons. The normalized spacial score (nSPS) is 20.6. The monoisotopic (exact) mass is 198 g/mol. The number of nitrogens with zero attached hydrogens (tertiary/aromatic N) is 1. The highest BCUT2D eigenvalue weighted by Gasteiger charge is 2.17. The Morgan fingerprint density at radius 1 is 1.29 bits per heavy atom. The van der Waals surface area contributed by atoms with E-state index in [1.54, 1.807) is 0 Å². The average Bonchev–Trinajstić information content (AvgIpc) is 2.17. The van der Waals surface area contributed by atoms with Crippen LogP contribution < -0.4 is 5.32 Å². The maximum absolute atomic E-state index is 3.54. The van der Waals surface area contributed by atoms with Crippen molar-refractivity contribution in [2.75, 3.05) is 26.2 Å². The summed E-state index contributed by atoms with van der Waals surface area (Å²) >= 11 is 0. The second kappa shape index (κ2) is 6.41. The van der Waals surface area contributed by atoms with E-state index in [0.717, 1.165) is 18.5 Å². The Kier molecular flexibility index (Phi) is 5.49. The summed E-state index contributed by atoms with van der Waals surface area (Å²) < 4.78 is 0. The topological polar surface area (TPSA) is 15.3 Å². The molecule has 0 radical (unpaired) electrons. The zero-order chi connectivity index (χ0) is 10.4. The van der Waals surface area contributed by atoms with Crippen LogP contribution in [0.15, 0.2) is 0 Å². The minimum atomic E-state index is 0.787. The summed E-state index contributed by atoms with van der Waals surface area (Å²) in [4.78, 5) is 2.62. The summed E-state index contributed by atoms with van der Waals surface area (Å²) in [5, 5.41) is 3.54. The summed E-state index contributed by atoms with van der Waals surface area (Å²) in [6.45, 7) is 11.8. The number of hydrogen-bond acceptors (Lipinski definition) is 2. The SMILES string of the molecule is CCNC1CCN(CCC(C)C)CC1. The van der Waals surface area contributed by atoms with Crippen molar-refractivity contribution in [1.82, 2.24) is 10.2 Å². The van der Waals surface area contributed by atoms with Crippen LogP contribution in [0.4, 0.5) is 0 Å². The molecule has 0 aliphatic carbocycles. The highest BCUT2D eigenvalue weighted by molar-refractivity contribution is 4.76. The molecule has 0 saturated carbocycles. The molecular formula is C12H26N2. The van der Waals surface area contributed by atoms with Gasteiger partial charge in [0.2, 0.25) is 0 Å². The second-order valence-corrected chi connectivity index (χ2v) is 4.86. The zero-order valence-corrected chi connectivity index (χ0v) is 10.1. The second-order valence-electron chi connectivity index (χ2n) is 4.86. The van der Waals surface area contributed by atoms with E-state index in [2.05, 4.69) is 31.0 Å². The molecular weight excluding hydrogens is 172 g/mol. The first-order valence-electron chi connectivity index (χ1n) is 6.18. The van der Waals surface area contributed by atoms with Crippen LogP contribution >= 0.6 is 0 Å². The van der Waals surface area contributed by atoms with Gasteiger partial charge in [0.1, 0.15) is 0 Å². The molecule has 2 nitrogen and oxygen atoms in total. The number of nitrogens with one attached hydrogen (secondary N) is 1. The molecule has 0 amide bonds. The Labute approximate surface area is 89.1 Å². The molecule has 0 spiro atoms. The van der Waals surface area contributed by atoms with Crippen LogP contribution in [0.25, 0.3) is 0 Å². The van der Waals surface area contributed by atoms with Gasteiger partial charge in [0.15, 0.2) is 0 Å². The Balaban J connectivity index is 2.09. The van der Waals surface area contributed by atoms with E-state index in [-0.39, 0.29) is 0 Å². The van der Waals surface area contributed by atoms with Gasteiger partial charge in [-0.3, -0.25) is 0 Å². The van der Waals surface area contributed by atoms with Crippen LogP contribution in [0, 0.1) is 5.92 Å². The zero-order valence-electron chi connectivity index (χ0n) is 10.1. The third-order valence-electron chi connectivity index (χ3n) is 3.10. The summed E-state index contributed by atoms with van der Waals surface area (Å²) in [6, 6.07) is 0.787. The number of rotatable bonds is 5.